The third-order valence-corrected chi connectivity index (χ3v) is 6.61. The number of benzene rings is 1. The molecule has 0 aromatic heterocycles. The van der Waals surface area contributed by atoms with Gasteiger partial charge in [-0.3, -0.25) is 4.79 Å². The number of nitrogens with zero attached hydrogens (tertiary/aromatic N) is 1. The molecule has 23 heavy (non-hydrogen) atoms. The Kier molecular flexibility index (Phi) is 5.70. The molecule has 0 aliphatic carbocycles. The second-order valence-corrected chi connectivity index (χ2v) is 8.66. The van der Waals surface area contributed by atoms with Gasteiger partial charge in [0, 0.05) is 25.5 Å². The molecule has 0 radical (unpaired) electrons. The molecule has 1 heterocycles. The molecule has 0 saturated carbocycles. The van der Waals surface area contributed by atoms with Gasteiger partial charge in [0.05, 0.1) is 10.3 Å². The van der Waals surface area contributed by atoms with Crippen LogP contribution in [0.25, 0.3) is 0 Å². The maximum absolute atomic E-state index is 12.4. The second-order valence-electron chi connectivity index (χ2n) is 6.46. The van der Waals surface area contributed by atoms with E-state index in [9.17, 15) is 13.2 Å². The highest BCUT2D eigenvalue weighted by atomic mass is 35.5. The minimum Gasteiger partial charge on any atom is -0.352 e. The quantitative estimate of drug-likeness (QED) is 0.794. The van der Waals surface area contributed by atoms with E-state index in [1.54, 1.807) is 38.1 Å². The van der Waals surface area contributed by atoms with Crippen molar-refractivity contribution in [3.63, 3.8) is 0 Å². The number of hydrogen-bond acceptors (Lipinski definition) is 3. The smallest absolute Gasteiger partial charge is 0.243 e. The first-order valence-corrected chi connectivity index (χ1v) is 9.68. The molecule has 1 aromatic carbocycles. The van der Waals surface area contributed by atoms with E-state index in [2.05, 4.69) is 5.32 Å². The molecule has 0 unspecified atom stereocenters. The van der Waals surface area contributed by atoms with E-state index in [1.165, 1.54) is 4.31 Å². The van der Waals surface area contributed by atoms with Crippen LogP contribution < -0.4 is 5.32 Å². The van der Waals surface area contributed by atoms with Gasteiger partial charge in [-0.2, -0.15) is 4.31 Å². The maximum atomic E-state index is 12.4. The van der Waals surface area contributed by atoms with E-state index in [4.69, 9.17) is 11.6 Å². The van der Waals surface area contributed by atoms with Gasteiger partial charge in [0.1, 0.15) is 0 Å². The highest BCUT2D eigenvalue weighted by Crippen LogP contribution is 2.21. The number of rotatable bonds is 6. The van der Waals surface area contributed by atoms with Crippen LogP contribution in [0.3, 0.4) is 0 Å². The number of hydrogen-bond donors (Lipinski definition) is 1. The summed E-state index contributed by atoms with van der Waals surface area (Å²) < 4.78 is 26.4. The first-order valence-electron chi connectivity index (χ1n) is 7.71. The van der Waals surface area contributed by atoms with Crippen molar-refractivity contribution < 1.29 is 13.2 Å². The summed E-state index contributed by atoms with van der Waals surface area (Å²) in [6.45, 7) is 5.09. The summed E-state index contributed by atoms with van der Waals surface area (Å²) >= 11 is 5.77. The van der Waals surface area contributed by atoms with Crippen molar-refractivity contribution in [2.75, 3.05) is 19.0 Å². The van der Waals surface area contributed by atoms with Crippen LogP contribution in [-0.4, -0.2) is 37.6 Å². The Bertz CT molecular complexity index is 650. The highest BCUT2D eigenvalue weighted by molar-refractivity contribution is 7.89. The minimum atomic E-state index is -3.39. The van der Waals surface area contributed by atoms with Crippen LogP contribution >= 0.6 is 11.6 Å². The van der Waals surface area contributed by atoms with Crippen molar-refractivity contribution in [1.82, 2.24) is 9.62 Å². The predicted octanol–water partition coefficient (Wildman–Crippen LogP) is 2.35. The van der Waals surface area contributed by atoms with Crippen molar-refractivity contribution in [3.05, 3.63) is 29.8 Å². The van der Waals surface area contributed by atoms with Crippen molar-refractivity contribution in [1.29, 1.82) is 0 Å². The number of halogens is 1. The van der Waals surface area contributed by atoms with Gasteiger partial charge < -0.3 is 5.32 Å². The van der Waals surface area contributed by atoms with E-state index in [-0.39, 0.29) is 11.8 Å². The zero-order valence-corrected chi connectivity index (χ0v) is 15.1. The molecule has 1 aliphatic rings. The predicted molar refractivity (Wildman–Crippen MR) is 90.8 cm³/mol. The fraction of sp³-hybridized carbons (Fsp3) is 0.562. The monoisotopic (exact) mass is 358 g/mol. The third-order valence-electron chi connectivity index (χ3n) is 4.03. The standard InChI is InChI=1S/C16H23ClN2O3S/c1-16(2,12-17)15(20)18-11-13-5-7-14(8-6-13)23(21,22)19-9-3-4-10-19/h5-8H,3-4,9-12H2,1-2H3,(H,18,20). The Balaban J connectivity index is 2.01. The number of amides is 1. The lowest BCUT2D eigenvalue weighted by atomic mass is 9.95. The molecule has 0 atom stereocenters. The summed E-state index contributed by atoms with van der Waals surface area (Å²) in [5, 5.41) is 2.82. The van der Waals surface area contributed by atoms with Crippen LogP contribution in [0.2, 0.25) is 0 Å². The summed E-state index contributed by atoms with van der Waals surface area (Å²) in [4.78, 5) is 12.3. The van der Waals surface area contributed by atoms with Crippen LogP contribution in [0.4, 0.5) is 0 Å². The molecular formula is C16H23ClN2O3S. The molecule has 0 spiro atoms. The molecule has 1 fully saturated rings. The van der Waals surface area contributed by atoms with Crippen LogP contribution in [0.15, 0.2) is 29.2 Å². The molecule has 1 aliphatic heterocycles. The normalized spacial score (nSPS) is 16.5. The average Bonchev–Trinajstić information content (AvgIpc) is 3.08. The van der Waals surface area contributed by atoms with Gasteiger partial charge in [-0.25, -0.2) is 8.42 Å². The Morgan fingerprint density at radius 3 is 2.30 bits per heavy atom. The van der Waals surface area contributed by atoms with Crippen LogP contribution in [0, 0.1) is 5.41 Å². The Morgan fingerprint density at radius 1 is 1.22 bits per heavy atom. The fourth-order valence-electron chi connectivity index (χ4n) is 2.34. The van der Waals surface area contributed by atoms with Crippen LogP contribution in [0.5, 0.6) is 0 Å². The molecule has 1 saturated heterocycles. The fourth-order valence-corrected chi connectivity index (χ4v) is 3.98. The zero-order chi connectivity index (χ0) is 17.1. The lowest BCUT2D eigenvalue weighted by molar-refractivity contribution is -0.128. The first-order chi connectivity index (χ1) is 10.8. The van der Waals surface area contributed by atoms with E-state index in [1.807, 2.05) is 0 Å². The third kappa shape index (κ3) is 4.25. The number of carbonyl (C=O) groups is 1. The van der Waals surface area contributed by atoms with Crippen molar-refractivity contribution >= 4 is 27.5 Å². The lowest BCUT2D eigenvalue weighted by Gasteiger charge is -2.20. The van der Waals surface area contributed by atoms with E-state index >= 15 is 0 Å². The molecule has 128 valence electrons. The average molecular weight is 359 g/mol. The lowest BCUT2D eigenvalue weighted by Crippen LogP contribution is -2.37. The number of carbonyl (C=O) groups excluding carboxylic acids is 1. The van der Waals surface area contributed by atoms with Gasteiger partial charge in [-0.05, 0) is 44.4 Å². The van der Waals surface area contributed by atoms with Gasteiger partial charge in [0.25, 0.3) is 0 Å². The number of nitrogens with one attached hydrogen (secondary N) is 1. The van der Waals surface area contributed by atoms with Gasteiger partial charge >= 0.3 is 0 Å². The van der Waals surface area contributed by atoms with Gasteiger partial charge in [-0.1, -0.05) is 12.1 Å². The largest absolute Gasteiger partial charge is 0.352 e. The van der Waals surface area contributed by atoms with Crippen molar-refractivity contribution in [2.45, 2.75) is 38.1 Å². The summed E-state index contributed by atoms with van der Waals surface area (Å²) in [5.74, 6) is 0.118. The van der Waals surface area contributed by atoms with E-state index in [0.717, 1.165) is 18.4 Å². The van der Waals surface area contributed by atoms with E-state index < -0.39 is 15.4 Å². The second kappa shape index (κ2) is 7.20. The molecule has 7 heteroatoms. The van der Waals surface area contributed by atoms with Crippen LogP contribution in [0.1, 0.15) is 32.3 Å². The van der Waals surface area contributed by atoms with Gasteiger partial charge in [-0.15, -0.1) is 11.6 Å². The summed E-state index contributed by atoms with van der Waals surface area (Å²) in [6.07, 6.45) is 1.83. The molecule has 1 N–H and O–H groups in total. The number of sulfonamides is 1. The Hall–Kier alpha value is -1.11. The number of alkyl halides is 1. The molecule has 5 nitrogen and oxygen atoms in total. The molecule has 0 bridgehead atoms. The summed E-state index contributed by atoms with van der Waals surface area (Å²) in [5.41, 5.74) is 0.227. The van der Waals surface area contributed by atoms with Crippen molar-refractivity contribution in [3.8, 4) is 0 Å². The molecule has 1 aromatic rings. The van der Waals surface area contributed by atoms with Gasteiger partial charge in [0.2, 0.25) is 15.9 Å². The van der Waals surface area contributed by atoms with E-state index in [0.29, 0.717) is 24.5 Å². The zero-order valence-electron chi connectivity index (χ0n) is 13.5. The molecule has 2 rings (SSSR count). The molecular weight excluding hydrogens is 336 g/mol. The maximum Gasteiger partial charge on any atom is 0.243 e. The SMILES string of the molecule is CC(C)(CCl)C(=O)NCc1ccc(S(=O)(=O)N2CCCC2)cc1. The Labute approximate surface area is 143 Å². The highest BCUT2D eigenvalue weighted by Gasteiger charge is 2.27. The van der Waals surface area contributed by atoms with Crippen molar-refractivity contribution in [2.24, 2.45) is 5.41 Å². The first kappa shape index (κ1) is 18.2. The summed E-state index contributed by atoms with van der Waals surface area (Å²) in [7, 11) is -3.39. The summed E-state index contributed by atoms with van der Waals surface area (Å²) in [6, 6.07) is 6.66. The Morgan fingerprint density at radius 2 is 1.78 bits per heavy atom. The molecule has 1 amide bonds. The minimum absolute atomic E-state index is 0.124. The van der Waals surface area contributed by atoms with Gasteiger partial charge in [0.15, 0.2) is 0 Å². The topological polar surface area (TPSA) is 66.5 Å². The van der Waals surface area contributed by atoms with Crippen LogP contribution in [-0.2, 0) is 21.4 Å².